The largest absolute Gasteiger partial charge is 0.478 e. The number of carbonyl (C=O) groups excluding carboxylic acids is 1. The lowest BCUT2D eigenvalue weighted by Crippen LogP contribution is -2.18. The third-order valence-electron chi connectivity index (χ3n) is 3.37. The molecule has 0 radical (unpaired) electrons. The lowest BCUT2D eigenvalue weighted by molar-refractivity contribution is -0.118. The van der Waals surface area contributed by atoms with Gasteiger partial charge in [0.15, 0.2) is 0 Å². The van der Waals surface area contributed by atoms with Crippen molar-refractivity contribution in [1.29, 1.82) is 0 Å². The molecule has 2 aromatic rings. The van der Waals surface area contributed by atoms with E-state index in [1.165, 1.54) is 24.3 Å². The maximum Gasteiger partial charge on any atom is 0.335 e. The number of carboxylic acid groups (broad SMARTS) is 1. The van der Waals surface area contributed by atoms with E-state index in [0.29, 0.717) is 5.69 Å². The molecule has 0 aliphatic rings. The standard InChI is InChI=1S/C17H17ClN2O5S/c1-10(2)16(21)19-12-4-3-5-13(9-12)20-26(24,25)15-8-11(17(22)23)6-7-14(15)18/h3-10,20H,1-2H3,(H,19,21)(H,22,23). The minimum absolute atomic E-state index is 0.105. The summed E-state index contributed by atoms with van der Waals surface area (Å²) in [5.41, 5.74) is 0.422. The van der Waals surface area contributed by atoms with E-state index in [2.05, 4.69) is 10.0 Å². The zero-order valence-corrected chi connectivity index (χ0v) is 15.6. The first kappa shape index (κ1) is 19.7. The first-order chi connectivity index (χ1) is 12.1. The van der Waals surface area contributed by atoms with Gasteiger partial charge in [-0.2, -0.15) is 0 Å². The third kappa shape index (κ3) is 4.74. The molecule has 7 nitrogen and oxygen atoms in total. The Hall–Kier alpha value is -2.58. The summed E-state index contributed by atoms with van der Waals surface area (Å²) in [5, 5.41) is 11.6. The van der Waals surface area contributed by atoms with Gasteiger partial charge in [-0.15, -0.1) is 0 Å². The number of anilines is 2. The number of hydrogen-bond acceptors (Lipinski definition) is 4. The van der Waals surface area contributed by atoms with Crippen molar-refractivity contribution in [3.63, 3.8) is 0 Å². The molecule has 0 fully saturated rings. The smallest absolute Gasteiger partial charge is 0.335 e. The average Bonchev–Trinajstić information content (AvgIpc) is 2.54. The Bertz CT molecular complexity index is 957. The molecule has 0 heterocycles. The summed E-state index contributed by atoms with van der Waals surface area (Å²) in [5.74, 6) is -1.70. The van der Waals surface area contributed by atoms with Crippen LogP contribution in [0.3, 0.4) is 0 Å². The summed E-state index contributed by atoms with van der Waals surface area (Å²) >= 11 is 5.92. The van der Waals surface area contributed by atoms with Crippen LogP contribution in [-0.4, -0.2) is 25.4 Å². The Morgan fingerprint density at radius 1 is 1.08 bits per heavy atom. The van der Waals surface area contributed by atoms with E-state index in [4.69, 9.17) is 16.7 Å². The van der Waals surface area contributed by atoms with E-state index in [1.54, 1.807) is 26.0 Å². The van der Waals surface area contributed by atoms with Gasteiger partial charge in [0.2, 0.25) is 5.91 Å². The molecule has 138 valence electrons. The van der Waals surface area contributed by atoms with E-state index in [-0.39, 0.29) is 33.0 Å². The van der Waals surface area contributed by atoms with Crippen LogP contribution in [0, 0.1) is 5.92 Å². The highest BCUT2D eigenvalue weighted by Crippen LogP contribution is 2.26. The van der Waals surface area contributed by atoms with Gasteiger partial charge in [-0.05, 0) is 36.4 Å². The molecule has 1 amide bonds. The van der Waals surface area contributed by atoms with Gasteiger partial charge < -0.3 is 10.4 Å². The molecule has 0 unspecified atom stereocenters. The molecule has 0 atom stereocenters. The van der Waals surface area contributed by atoms with Crippen molar-refractivity contribution in [1.82, 2.24) is 0 Å². The van der Waals surface area contributed by atoms with Crippen LogP contribution in [0.4, 0.5) is 11.4 Å². The topological polar surface area (TPSA) is 113 Å². The Morgan fingerprint density at radius 2 is 1.73 bits per heavy atom. The number of nitrogens with one attached hydrogen (secondary N) is 2. The van der Waals surface area contributed by atoms with E-state index in [0.717, 1.165) is 6.07 Å². The molecule has 0 spiro atoms. The molecular formula is C17H17ClN2O5S. The molecule has 26 heavy (non-hydrogen) atoms. The number of carboxylic acids is 1. The Kier molecular flexibility index (Phi) is 5.89. The fourth-order valence-corrected chi connectivity index (χ4v) is 3.58. The number of rotatable bonds is 6. The molecule has 2 aromatic carbocycles. The van der Waals surface area contributed by atoms with Crippen LogP contribution in [0.2, 0.25) is 5.02 Å². The van der Waals surface area contributed by atoms with Crippen LogP contribution in [0.25, 0.3) is 0 Å². The summed E-state index contributed by atoms with van der Waals surface area (Å²) in [4.78, 5) is 22.5. The normalized spacial score (nSPS) is 11.2. The first-order valence-electron chi connectivity index (χ1n) is 7.57. The Morgan fingerprint density at radius 3 is 2.35 bits per heavy atom. The fraction of sp³-hybridized carbons (Fsp3) is 0.176. The molecule has 0 aliphatic heterocycles. The Labute approximate surface area is 156 Å². The number of benzene rings is 2. The summed E-state index contributed by atoms with van der Waals surface area (Å²) in [6.07, 6.45) is 0. The van der Waals surface area contributed by atoms with Gasteiger partial charge in [0.25, 0.3) is 10.0 Å². The number of carbonyl (C=O) groups is 2. The van der Waals surface area contributed by atoms with Crippen LogP contribution in [0.5, 0.6) is 0 Å². The fourth-order valence-electron chi connectivity index (χ4n) is 2.00. The summed E-state index contributed by atoms with van der Waals surface area (Å²) in [7, 11) is -4.12. The lowest BCUT2D eigenvalue weighted by Gasteiger charge is -2.12. The predicted octanol–water partition coefficient (Wildman–Crippen LogP) is 3.43. The number of halogens is 1. The van der Waals surface area contributed by atoms with Crippen molar-refractivity contribution >= 4 is 44.9 Å². The second-order valence-corrected chi connectivity index (χ2v) is 7.84. The number of sulfonamides is 1. The molecule has 0 aliphatic carbocycles. The monoisotopic (exact) mass is 396 g/mol. The Balaban J connectivity index is 2.31. The minimum atomic E-state index is -4.12. The highest BCUT2D eigenvalue weighted by Gasteiger charge is 2.20. The zero-order chi connectivity index (χ0) is 19.5. The van der Waals surface area contributed by atoms with Crippen LogP contribution in [-0.2, 0) is 14.8 Å². The average molecular weight is 397 g/mol. The summed E-state index contributed by atoms with van der Waals surface area (Å²) < 4.78 is 27.5. The van der Waals surface area contributed by atoms with Crippen molar-refractivity contribution in [2.45, 2.75) is 18.7 Å². The van der Waals surface area contributed by atoms with Crippen molar-refractivity contribution in [3.05, 3.63) is 53.1 Å². The van der Waals surface area contributed by atoms with Gasteiger partial charge in [-0.25, -0.2) is 13.2 Å². The molecule has 0 bridgehead atoms. The van der Waals surface area contributed by atoms with E-state index < -0.39 is 16.0 Å². The van der Waals surface area contributed by atoms with E-state index in [9.17, 15) is 18.0 Å². The van der Waals surface area contributed by atoms with Crippen molar-refractivity contribution in [2.24, 2.45) is 5.92 Å². The summed E-state index contributed by atoms with van der Waals surface area (Å²) in [6, 6.07) is 9.55. The van der Waals surface area contributed by atoms with Gasteiger partial charge >= 0.3 is 5.97 Å². The van der Waals surface area contributed by atoms with Crippen LogP contribution in [0.15, 0.2) is 47.4 Å². The van der Waals surface area contributed by atoms with Crippen molar-refractivity contribution in [3.8, 4) is 0 Å². The van der Waals surface area contributed by atoms with Gasteiger partial charge in [0.05, 0.1) is 16.3 Å². The molecule has 0 saturated carbocycles. The third-order valence-corrected chi connectivity index (χ3v) is 5.24. The number of amides is 1. The van der Waals surface area contributed by atoms with E-state index >= 15 is 0 Å². The molecule has 0 saturated heterocycles. The quantitative estimate of drug-likeness (QED) is 0.692. The molecule has 2 rings (SSSR count). The van der Waals surface area contributed by atoms with Gasteiger partial charge in [0, 0.05) is 11.6 Å². The summed E-state index contributed by atoms with van der Waals surface area (Å²) in [6.45, 7) is 3.47. The highest BCUT2D eigenvalue weighted by molar-refractivity contribution is 7.92. The van der Waals surface area contributed by atoms with Crippen molar-refractivity contribution in [2.75, 3.05) is 10.0 Å². The van der Waals surface area contributed by atoms with Crippen LogP contribution >= 0.6 is 11.6 Å². The molecule has 9 heteroatoms. The van der Waals surface area contributed by atoms with Gasteiger partial charge in [0.1, 0.15) is 4.90 Å². The molecule has 0 aromatic heterocycles. The second kappa shape index (κ2) is 7.76. The highest BCUT2D eigenvalue weighted by atomic mass is 35.5. The second-order valence-electron chi connectivity index (χ2n) is 5.78. The number of hydrogen-bond donors (Lipinski definition) is 3. The maximum absolute atomic E-state index is 12.6. The molecular weight excluding hydrogens is 380 g/mol. The van der Waals surface area contributed by atoms with Crippen molar-refractivity contribution < 1.29 is 23.1 Å². The maximum atomic E-state index is 12.6. The van der Waals surface area contributed by atoms with Gasteiger partial charge in [-0.3, -0.25) is 9.52 Å². The zero-order valence-electron chi connectivity index (χ0n) is 14.0. The van der Waals surface area contributed by atoms with E-state index in [1.807, 2.05) is 0 Å². The van der Waals surface area contributed by atoms with Gasteiger partial charge in [-0.1, -0.05) is 31.5 Å². The minimum Gasteiger partial charge on any atom is -0.478 e. The lowest BCUT2D eigenvalue weighted by atomic mass is 10.2. The van der Waals surface area contributed by atoms with Crippen LogP contribution in [0.1, 0.15) is 24.2 Å². The predicted molar refractivity (Wildman–Crippen MR) is 99.1 cm³/mol. The molecule has 3 N–H and O–H groups in total. The van der Waals surface area contributed by atoms with Crippen LogP contribution < -0.4 is 10.0 Å². The number of aromatic carboxylic acids is 1. The SMILES string of the molecule is CC(C)C(=O)Nc1cccc(NS(=O)(=O)c2cc(C(=O)O)ccc2Cl)c1. The first-order valence-corrected chi connectivity index (χ1v) is 9.43.